The fourth-order valence-corrected chi connectivity index (χ4v) is 0. The Kier molecular flexibility index (Phi) is 136. The van der Waals surface area contributed by atoms with Crippen molar-refractivity contribution in [2.75, 3.05) is 0 Å². The SMILES string of the molecule is B.[Fe].[GaH3].[Nd]. The van der Waals surface area contributed by atoms with Crippen molar-refractivity contribution in [2.45, 2.75) is 0 Å². The van der Waals surface area contributed by atoms with Gasteiger partial charge in [0.05, 0.1) is 8.41 Å². The molecule has 0 aliphatic carbocycles. The molecule has 0 fully saturated rings. The maximum absolute atomic E-state index is 0. The summed E-state index contributed by atoms with van der Waals surface area (Å²) in [5.74, 6) is 0. The Bertz CT molecular complexity index is 8.00. The van der Waals surface area contributed by atoms with Gasteiger partial charge in [0.15, 0.2) is 0 Å². The first-order valence-electron chi connectivity index (χ1n) is 0. The Balaban J connectivity index is 0. The molecule has 4 heteroatoms. The molecule has 0 heterocycles. The zero-order valence-electron chi connectivity index (χ0n) is 0.854. The van der Waals surface area contributed by atoms with Gasteiger partial charge in [0, 0.05) is 57.9 Å². The molecule has 4 heavy (non-hydrogen) atoms. The minimum Gasteiger partial charge on any atom is 0 e. The molecule has 0 spiro atoms. The molecule has 0 bridgehead atoms. The van der Waals surface area contributed by atoms with E-state index < -0.39 is 0 Å². The van der Waals surface area contributed by atoms with Crippen molar-refractivity contribution < 1.29 is 57.9 Å². The van der Waals surface area contributed by atoms with Gasteiger partial charge >= 0.3 is 19.8 Å². The summed E-state index contributed by atoms with van der Waals surface area (Å²) >= 11 is 0. The molecule has 0 N–H and O–H groups in total. The fraction of sp³-hybridized carbons (Fsp3) is 0. The molecule has 0 nitrogen and oxygen atoms in total. The summed E-state index contributed by atoms with van der Waals surface area (Å²) in [7, 11) is 0. The van der Waals surface area contributed by atoms with E-state index in [4.69, 9.17) is 0 Å². The molecule has 0 aromatic heterocycles. The predicted molar refractivity (Wildman–Crippen MR) is 19.9 cm³/mol. The van der Waals surface area contributed by atoms with Crippen LogP contribution in [0.2, 0.25) is 0 Å². The van der Waals surface area contributed by atoms with Crippen molar-refractivity contribution >= 4 is 28.2 Å². The van der Waals surface area contributed by atoms with E-state index in [1.54, 1.807) is 0 Å². The van der Waals surface area contributed by atoms with Gasteiger partial charge in [-0.25, -0.2) is 0 Å². The third kappa shape index (κ3) is 8.82. The second-order valence-corrected chi connectivity index (χ2v) is 0. The van der Waals surface area contributed by atoms with Crippen LogP contribution in [-0.4, -0.2) is 28.2 Å². The summed E-state index contributed by atoms with van der Waals surface area (Å²) in [4.78, 5) is 0. The first-order valence-corrected chi connectivity index (χ1v) is 0. The average Bonchev–Trinajstić information content (AvgIpc) is 0. The van der Waals surface area contributed by atoms with E-state index in [0.29, 0.717) is 0 Å². The Morgan fingerprint density at radius 2 is 1.00 bits per heavy atom. The van der Waals surface area contributed by atoms with Crippen molar-refractivity contribution in [3.63, 3.8) is 0 Å². The molecular formula is H6BFeGaNd. The van der Waals surface area contributed by atoms with E-state index in [1.807, 2.05) is 0 Å². The van der Waals surface area contributed by atoms with Gasteiger partial charge in [-0.1, -0.05) is 0 Å². The van der Waals surface area contributed by atoms with Crippen molar-refractivity contribution in [2.24, 2.45) is 0 Å². The third-order valence-corrected chi connectivity index (χ3v) is 0. The van der Waals surface area contributed by atoms with Gasteiger partial charge in [-0.3, -0.25) is 0 Å². The fourth-order valence-electron chi connectivity index (χ4n) is 0. The van der Waals surface area contributed by atoms with Crippen LogP contribution >= 0.6 is 0 Å². The summed E-state index contributed by atoms with van der Waals surface area (Å²) in [5, 5.41) is 0. The van der Waals surface area contributed by atoms with Crippen LogP contribution in [0.3, 0.4) is 0 Å². The Hall–Kier alpha value is 2.57. The van der Waals surface area contributed by atoms with Crippen LogP contribution in [0.1, 0.15) is 0 Å². The van der Waals surface area contributed by atoms with Gasteiger partial charge in [-0.05, 0) is 0 Å². The molecule has 0 rings (SSSR count). The first-order chi connectivity index (χ1) is 0. The summed E-state index contributed by atoms with van der Waals surface area (Å²) in [6, 6.07) is 0. The number of rotatable bonds is 0. The molecule has 0 atom stereocenters. The van der Waals surface area contributed by atoms with Crippen LogP contribution in [0.15, 0.2) is 0 Å². The Labute approximate surface area is 84.5 Å². The zero-order chi connectivity index (χ0) is 0. The largest absolute Gasteiger partial charge is 0 e. The average molecular weight is 287 g/mol. The topological polar surface area (TPSA) is 0 Å². The van der Waals surface area contributed by atoms with Gasteiger partial charge in [-0.2, -0.15) is 0 Å². The second kappa shape index (κ2) is 17.6. The summed E-state index contributed by atoms with van der Waals surface area (Å²) in [5.41, 5.74) is 0. The molecule has 0 aromatic rings. The first kappa shape index (κ1) is 30.8. The summed E-state index contributed by atoms with van der Waals surface area (Å²) in [6.45, 7) is 0. The molecule has 0 aliphatic rings. The van der Waals surface area contributed by atoms with Gasteiger partial charge in [0.25, 0.3) is 0 Å². The van der Waals surface area contributed by atoms with E-state index in [-0.39, 0.29) is 86.1 Å². The van der Waals surface area contributed by atoms with E-state index in [0.717, 1.165) is 0 Å². The third-order valence-electron chi connectivity index (χ3n) is 0. The van der Waals surface area contributed by atoms with Crippen molar-refractivity contribution in [1.29, 1.82) is 0 Å². The molecule has 0 saturated heterocycles. The van der Waals surface area contributed by atoms with Crippen LogP contribution < -0.4 is 0 Å². The monoisotopic (exact) mass is 284 g/mol. The van der Waals surface area contributed by atoms with Gasteiger partial charge in [0.2, 0.25) is 0 Å². The maximum Gasteiger partial charge on any atom is 0 e. The van der Waals surface area contributed by atoms with Gasteiger partial charge in [-0.15, -0.1) is 0 Å². The molecule has 0 amide bonds. The Morgan fingerprint density at radius 3 is 1.00 bits per heavy atom. The molecule has 0 unspecified atom stereocenters. The molecule has 0 saturated carbocycles. The molecular weight excluding hydrogens is 281 g/mol. The van der Waals surface area contributed by atoms with Crippen LogP contribution in [0, 0.1) is 40.8 Å². The number of hydrogen-bond acceptors (Lipinski definition) is 0. The smallest absolute Gasteiger partial charge is 0 e. The van der Waals surface area contributed by atoms with Crippen LogP contribution in [0.5, 0.6) is 0 Å². The summed E-state index contributed by atoms with van der Waals surface area (Å²) < 4.78 is 0. The minimum atomic E-state index is 0. The van der Waals surface area contributed by atoms with Crippen molar-refractivity contribution in [3.05, 3.63) is 0 Å². The molecule has 0 aliphatic heterocycles. The second-order valence-electron chi connectivity index (χ2n) is 0. The predicted octanol–water partition coefficient (Wildman–Crippen LogP) is -2.37. The standard InChI is InChI=1S/BH3.Fe.Ga.Nd.3H/h1H3;;;;;;. The van der Waals surface area contributed by atoms with Crippen LogP contribution in [0.4, 0.5) is 0 Å². The van der Waals surface area contributed by atoms with Gasteiger partial charge in [0.1, 0.15) is 0 Å². The normalized spacial score (nSPS) is 0. The van der Waals surface area contributed by atoms with E-state index in [9.17, 15) is 0 Å². The Morgan fingerprint density at radius 1 is 1.00 bits per heavy atom. The van der Waals surface area contributed by atoms with Crippen molar-refractivity contribution in [1.82, 2.24) is 0 Å². The minimum absolute atomic E-state index is 0. The van der Waals surface area contributed by atoms with Crippen LogP contribution in [-0.2, 0) is 17.1 Å². The zero-order valence-corrected chi connectivity index (χ0v) is 5.17. The van der Waals surface area contributed by atoms with Crippen molar-refractivity contribution in [3.8, 4) is 0 Å². The molecule has 0 aromatic carbocycles. The van der Waals surface area contributed by atoms with E-state index in [1.165, 1.54) is 0 Å². The van der Waals surface area contributed by atoms with E-state index >= 15 is 0 Å². The summed E-state index contributed by atoms with van der Waals surface area (Å²) in [6.07, 6.45) is 0. The molecule has 0 radical (unpaired) electrons. The number of hydrogen-bond donors (Lipinski definition) is 0. The molecule has 24 valence electrons. The van der Waals surface area contributed by atoms with E-state index in [2.05, 4.69) is 0 Å². The quantitative estimate of drug-likeness (QED) is 0.437. The van der Waals surface area contributed by atoms with Crippen LogP contribution in [0.25, 0.3) is 0 Å². The van der Waals surface area contributed by atoms with Gasteiger partial charge < -0.3 is 0 Å². The maximum atomic E-state index is 0.